The summed E-state index contributed by atoms with van der Waals surface area (Å²) in [4.78, 5) is 18.4. The number of carboxylic acid groups (broad SMARTS) is 1. The number of pyridine rings is 1. The molecule has 7 heteroatoms. The zero-order chi connectivity index (χ0) is 10.8. The maximum Gasteiger partial charge on any atom is 0.335 e. The Bertz CT molecular complexity index is 497. The summed E-state index contributed by atoms with van der Waals surface area (Å²) >= 11 is 5.68. The highest BCUT2D eigenvalue weighted by Crippen LogP contribution is 2.13. The van der Waals surface area contributed by atoms with Gasteiger partial charge in [-0.3, -0.25) is 0 Å². The average Bonchev–Trinajstić information content (AvgIpc) is 2.69. The summed E-state index contributed by atoms with van der Waals surface area (Å²) in [7, 11) is 0. The predicted octanol–water partition coefficient (Wildman–Crippen LogP) is 1.01. The lowest BCUT2D eigenvalue weighted by atomic mass is 10.2. The van der Waals surface area contributed by atoms with Crippen LogP contribution in [0.4, 0.5) is 0 Å². The molecule has 0 aromatic carbocycles. The van der Waals surface area contributed by atoms with Gasteiger partial charge in [-0.05, 0) is 12.1 Å². The fraction of sp³-hybridized carbons (Fsp3) is 0. The Hall–Kier alpha value is -1.95. The fourth-order valence-corrected chi connectivity index (χ4v) is 1.25. The molecule has 0 atom stereocenters. The molecule has 15 heavy (non-hydrogen) atoms. The first-order chi connectivity index (χ1) is 7.16. The first-order valence-electron chi connectivity index (χ1n) is 3.93. The van der Waals surface area contributed by atoms with Crippen molar-refractivity contribution in [2.24, 2.45) is 0 Å². The minimum Gasteiger partial charge on any atom is -0.478 e. The van der Waals surface area contributed by atoms with Crippen molar-refractivity contribution in [1.82, 2.24) is 19.7 Å². The van der Waals surface area contributed by atoms with Crippen molar-refractivity contribution in [2.75, 3.05) is 0 Å². The summed E-state index contributed by atoms with van der Waals surface area (Å²) in [6.07, 6.45) is 2.73. The van der Waals surface area contributed by atoms with Gasteiger partial charge in [0.05, 0.1) is 5.56 Å². The molecule has 2 aromatic rings. The first-order valence-corrected chi connectivity index (χ1v) is 4.30. The highest BCUT2D eigenvalue weighted by atomic mass is 35.5. The number of hydrogen-bond donors (Lipinski definition) is 1. The summed E-state index contributed by atoms with van der Waals surface area (Å²) in [6, 6.07) is 2.63. The number of halogens is 1. The van der Waals surface area contributed by atoms with Gasteiger partial charge < -0.3 is 5.11 Å². The number of aromatic carboxylic acids is 1. The van der Waals surface area contributed by atoms with E-state index >= 15 is 0 Å². The van der Waals surface area contributed by atoms with E-state index < -0.39 is 5.97 Å². The summed E-state index contributed by atoms with van der Waals surface area (Å²) in [5, 5.41) is 12.7. The Balaban J connectivity index is 2.54. The lowest BCUT2D eigenvalue weighted by Gasteiger charge is -2.01. The monoisotopic (exact) mass is 224 g/mol. The van der Waals surface area contributed by atoms with E-state index in [0.29, 0.717) is 5.82 Å². The molecule has 2 heterocycles. The molecule has 0 saturated carbocycles. The summed E-state index contributed by atoms with van der Waals surface area (Å²) in [6.45, 7) is 0. The van der Waals surface area contributed by atoms with Gasteiger partial charge in [-0.15, -0.1) is 0 Å². The molecule has 0 amide bonds. The van der Waals surface area contributed by atoms with Crippen molar-refractivity contribution < 1.29 is 9.90 Å². The molecule has 2 aromatic heterocycles. The van der Waals surface area contributed by atoms with Gasteiger partial charge in [0.1, 0.15) is 17.8 Å². The Morgan fingerprint density at radius 2 is 2.27 bits per heavy atom. The smallest absolute Gasteiger partial charge is 0.335 e. The van der Waals surface area contributed by atoms with Crippen LogP contribution >= 0.6 is 11.6 Å². The number of hydrogen-bond acceptors (Lipinski definition) is 4. The third-order valence-electron chi connectivity index (χ3n) is 1.68. The molecule has 1 N–H and O–H groups in total. The van der Waals surface area contributed by atoms with Crippen LogP contribution in [0.3, 0.4) is 0 Å². The van der Waals surface area contributed by atoms with E-state index in [1.807, 2.05) is 0 Å². The van der Waals surface area contributed by atoms with Gasteiger partial charge in [0.2, 0.25) is 0 Å². The van der Waals surface area contributed by atoms with Crippen LogP contribution in [0.5, 0.6) is 0 Å². The molecule has 0 radical (unpaired) electrons. The number of carboxylic acids is 1. The third-order valence-corrected chi connectivity index (χ3v) is 1.87. The Morgan fingerprint density at radius 1 is 1.47 bits per heavy atom. The maximum atomic E-state index is 10.7. The molecule has 0 aliphatic heterocycles. The van der Waals surface area contributed by atoms with E-state index in [2.05, 4.69) is 15.1 Å². The zero-order valence-electron chi connectivity index (χ0n) is 7.33. The van der Waals surface area contributed by atoms with Gasteiger partial charge in [0.15, 0.2) is 5.82 Å². The van der Waals surface area contributed by atoms with E-state index in [4.69, 9.17) is 16.7 Å². The van der Waals surface area contributed by atoms with Crippen LogP contribution in [0.2, 0.25) is 5.15 Å². The quantitative estimate of drug-likeness (QED) is 0.770. The number of carbonyl (C=O) groups is 1. The Kier molecular flexibility index (Phi) is 2.34. The first kappa shape index (κ1) is 9.60. The SMILES string of the molecule is O=C(O)c1cc(Cl)nc(-n2cncn2)c1. The zero-order valence-corrected chi connectivity index (χ0v) is 8.09. The molecule has 0 spiro atoms. The van der Waals surface area contributed by atoms with Crippen molar-refractivity contribution in [3.05, 3.63) is 35.5 Å². The highest BCUT2D eigenvalue weighted by molar-refractivity contribution is 6.29. The third kappa shape index (κ3) is 1.94. The second-order valence-electron chi connectivity index (χ2n) is 2.68. The Labute approximate surface area is 89.2 Å². The molecule has 0 fully saturated rings. The van der Waals surface area contributed by atoms with Gasteiger partial charge in [-0.2, -0.15) is 5.10 Å². The standard InChI is InChI=1S/C8H5ClN4O2/c9-6-1-5(8(14)15)2-7(12-6)13-4-10-3-11-13/h1-4H,(H,14,15). The van der Waals surface area contributed by atoms with Crippen LogP contribution in [0.15, 0.2) is 24.8 Å². The number of aromatic nitrogens is 4. The lowest BCUT2D eigenvalue weighted by Crippen LogP contribution is -2.03. The van der Waals surface area contributed by atoms with Crippen molar-refractivity contribution >= 4 is 17.6 Å². The van der Waals surface area contributed by atoms with Gasteiger partial charge in [0, 0.05) is 0 Å². The summed E-state index contributed by atoms with van der Waals surface area (Å²) in [5.41, 5.74) is 0.0560. The number of nitrogens with zero attached hydrogens (tertiary/aromatic N) is 4. The lowest BCUT2D eigenvalue weighted by molar-refractivity contribution is 0.0696. The second-order valence-corrected chi connectivity index (χ2v) is 3.07. The molecular weight excluding hydrogens is 220 g/mol. The van der Waals surface area contributed by atoms with Crippen LogP contribution < -0.4 is 0 Å². The van der Waals surface area contributed by atoms with Gasteiger partial charge in [0.25, 0.3) is 0 Å². The molecule has 76 valence electrons. The van der Waals surface area contributed by atoms with Crippen LogP contribution in [0.1, 0.15) is 10.4 Å². The largest absolute Gasteiger partial charge is 0.478 e. The van der Waals surface area contributed by atoms with E-state index in [9.17, 15) is 4.79 Å². The topological polar surface area (TPSA) is 80.9 Å². The summed E-state index contributed by atoms with van der Waals surface area (Å²) in [5.74, 6) is -0.752. The van der Waals surface area contributed by atoms with E-state index in [-0.39, 0.29) is 10.7 Å². The molecule has 2 rings (SSSR count). The van der Waals surface area contributed by atoms with Crippen LogP contribution in [-0.4, -0.2) is 30.8 Å². The normalized spacial score (nSPS) is 10.2. The van der Waals surface area contributed by atoms with Crippen LogP contribution in [-0.2, 0) is 0 Å². The van der Waals surface area contributed by atoms with Crippen molar-refractivity contribution in [3.8, 4) is 5.82 Å². The molecule has 6 nitrogen and oxygen atoms in total. The molecule has 0 aliphatic rings. The van der Waals surface area contributed by atoms with Crippen LogP contribution in [0.25, 0.3) is 5.82 Å². The average molecular weight is 225 g/mol. The van der Waals surface area contributed by atoms with Crippen molar-refractivity contribution in [3.63, 3.8) is 0 Å². The number of rotatable bonds is 2. The Morgan fingerprint density at radius 3 is 2.87 bits per heavy atom. The minimum atomic E-state index is -1.07. The molecule has 0 unspecified atom stereocenters. The van der Waals surface area contributed by atoms with E-state index in [1.54, 1.807) is 0 Å². The van der Waals surface area contributed by atoms with Crippen LogP contribution in [0, 0.1) is 0 Å². The van der Waals surface area contributed by atoms with Gasteiger partial charge >= 0.3 is 5.97 Å². The molecular formula is C8H5ClN4O2. The van der Waals surface area contributed by atoms with Crippen molar-refractivity contribution in [1.29, 1.82) is 0 Å². The molecule has 0 saturated heterocycles. The van der Waals surface area contributed by atoms with Gasteiger partial charge in [-0.1, -0.05) is 11.6 Å². The summed E-state index contributed by atoms with van der Waals surface area (Å²) < 4.78 is 1.33. The predicted molar refractivity (Wildman–Crippen MR) is 51.1 cm³/mol. The highest BCUT2D eigenvalue weighted by Gasteiger charge is 2.08. The fourth-order valence-electron chi connectivity index (χ4n) is 1.05. The van der Waals surface area contributed by atoms with Crippen molar-refractivity contribution in [2.45, 2.75) is 0 Å². The van der Waals surface area contributed by atoms with E-state index in [0.717, 1.165) is 0 Å². The van der Waals surface area contributed by atoms with E-state index in [1.165, 1.54) is 29.5 Å². The maximum absolute atomic E-state index is 10.7. The molecule has 0 aliphatic carbocycles. The molecule has 0 bridgehead atoms. The van der Waals surface area contributed by atoms with Gasteiger partial charge in [-0.25, -0.2) is 19.4 Å². The minimum absolute atomic E-state index is 0.0560. The second kappa shape index (κ2) is 3.66.